The smallest absolute Gasteiger partial charge is 0.130 e. The molecule has 0 amide bonds. The first-order chi connectivity index (χ1) is 9.24. The maximum Gasteiger partial charge on any atom is 0.130 e. The summed E-state index contributed by atoms with van der Waals surface area (Å²) in [7, 11) is 0. The van der Waals surface area contributed by atoms with Gasteiger partial charge in [0.05, 0.1) is 6.10 Å². The number of nitrogens with one attached hydrogen (secondary N) is 1. The monoisotopic (exact) mass is 327 g/mol. The molecule has 1 aromatic rings. The van der Waals surface area contributed by atoms with Crippen molar-refractivity contribution < 1.29 is 9.13 Å². The summed E-state index contributed by atoms with van der Waals surface area (Å²) < 4.78 is 20.7. The normalized spacial score (nSPS) is 27.5. The van der Waals surface area contributed by atoms with Crippen molar-refractivity contribution in [3.05, 3.63) is 34.1 Å². The van der Waals surface area contributed by atoms with Crippen molar-refractivity contribution >= 4 is 15.9 Å². The van der Waals surface area contributed by atoms with Crippen molar-refractivity contribution in [1.29, 1.82) is 0 Å². The summed E-state index contributed by atoms with van der Waals surface area (Å²) in [6.45, 7) is 1.67. The van der Waals surface area contributed by atoms with Crippen LogP contribution in [-0.4, -0.2) is 19.2 Å². The molecule has 0 aromatic heterocycles. The van der Waals surface area contributed by atoms with E-state index in [4.69, 9.17) is 4.74 Å². The van der Waals surface area contributed by atoms with Crippen molar-refractivity contribution in [3.8, 4) is 0 Å². The molecule has 2 atom stereocenters. The van der Waals surface area contributed by atoms with Crippen LogP contribution in [0.3, 0.4) is 0 Å². The lowest BCUT2D eigenvalue weighted by Gasteiger charge is -2.32. The second-order valence-electron chi connectivity index (χ2n) is 5.54. The van der Waals surface area contributed by atoms with Gasteiger partial charge in [-0.15, -0.1) is 0 Å². The standard InChI is InChI=1S/C15H19BrFNO/c16-11-3-6-13(14(17)8-11)15-10(2-1-7-19-15)9-18-12-4-5-12/h3,6,8,10,12,15,18H,1-2,4-5,7,9H2. The molecule has 2 fully saturated rings. The van der Waals surface area contributed by atoms with E-state index in [1.807, 2.05) is 12.1 Å². The number of hydrogen-bond acceptors (Lipinski definition) is 2. The quantitative estimate of drug-likeness (QED) is 0.908. The van der Waals surface area contributed by atoms with Crippen LogP contribution >= 0.6 is 15.9 Å². The van der Waals surface area contributed by atoms with Crippen LogP contribution in [0.25, 0.3) is 0 Å². The van der Waals surface area contributed by atoms with Crippen LogP contribution < -0.4 is 5.32 Å². The SMILES string of the molecule is Fc1cc(Br)ccc1C1OCCCC1CNC1CC1. The molecule has 2 unspecified atom stereocenters. The summed E-state index contributed by atoms with van der Waals surface area (Å²) in [4.78, 5) is 0. The van der Waals surface area contributed by atoms with Gasteiger partial charge < -0.3 is 10.1 Å². The highest BCUT2D eigenvalue weighted by Crippen LogP contribution is 2.35. The Kier molecular flexibility index (Phi) is 4.20. The van der Waals surface area contributed by atoms with E-state index in [2.05, 4.69) is 21.2 Å². The number of ether oxygens (including phenoxy) is 1. The molecule has 1 saturated heterocycles. The predicted molar refractivity (Wildman–Crippen MR) is 76.5 cm³/mol. The first kappa shape index (κ1) is 13.5. The third-order valence-corrected chi connectivity index (χ3v) is 4.45. The van der Waals surface area contributed by atoms with E-state index in [0.29, 0.717) is 17.5 Å². The van der Waals surface area contributed by atoms with Gasteiger partial charge in [-0.3, -0.25) is 0 Å². The van der Waals surface area contributed by atoms with E-state index >= 15 is 0 Å². The summed E-state index contributed by atoms with van der Waals surface area (Å²) in [6, 6.07) is 5.96. The summed E-state index contributed by atoms with van der Waals surface area (Å²) in [5.74, 6) is 0.211. The Morgan fingerprint density at radius 2 is 2.16 bits per heavy atom. The molecule has 1 aromatic carbocycles. The largest absolute Gasteiger partial charge is 0.373 e. The molecule has 3 rings (SSSR count). The van der Waals surface area contributed by atoms with Crippen LogP contribution in [0, 0.1) is 11.7 Å². The Labute approximate surface area is 121 Å². The van der Waals surface area contributed by atoms with E-state index in [9.17, 15) is 4.39 Å². The van der Waals surface area contributed by atoms with Crippen LogP contribution in [0.4, 0.5) is 4.39 Å². The molecule has 1 aliphatic heterocycles. The summed E-state index contributed by atoms with van der Waals surface area (Å²) in [5, 5.41) is 3.55. The van der Waals surface area contributed by atoms with Crippen molar-refractivity contribution in [2.75, 3.05) is 13.2 Å². The molecule has 1 heterocycles. The van der Waals surface area contributed by atoms with E-state index in [-0.39, 0.29) is 11.9 Å². The Morgan fingerprint density at radius 1 is 1.32 bits per heavy atom. The topological polar surface area (TPSA) is 21.3 Å². The Balaban J connectivity index is 1.74. The van der Waals surface area contributed by atoms with Crippen molar-refractivity contribution in [1.82, 2.24) is 5.32 Å². The van der Waals surface area contributed by atoms with Gasteiger partial charge in [-0.2, -0.15) is 0 Å². The zero-order valence-electron chi connectivity index (χ0n) is 10.9. The average Bonchev–Trinajstić information content (AvgIpc) is 3.21. The van der Waals surface area contributed by atoms with Gasteiger partial charge in [-0.25, -0.2) is 4.39 Å². The van der Waals surface area contributed by atoms with Crippen LogP contribution in [0.5, 0.6) is 0 Å². The molecule has 19 heavy (non-hydrogen) atoms. The Morgan fingerprint density at radius 3 is 2.89 bits per heavy atom. The number of halogens is 2. The molecule has 104 valence electrons. The fourth-order valence-corrected chi connectivity index (χ4v) is 3.07. The van der Waals surface area contributed by atoms with Crippen molar-refractivity contribution in [2.24, 2.45) is 5.92 Å². The number of benzene rings is 1. The minimum absolute atomic E-state index is 0.104. The average molecular weight is 328 g/mol. The van der Waals surface area contributed by atoms with Crippen LogP contribution in [-0.2, 0) is 4.74 Å². The molecular weight excluding hydrogens is 309 g/mol. The molecular formula is C15H19BrFNO. The third-order valence-electron chi connectivity index (χ3n) is 3.96. The minimum Gasteiger partial charge on any atom is -0.373 e. The molecule has 1 N–H and O–H groups in total. The van der Waals surface area contributed by atoms with Gasteiger partial charge in [-0.05, 0) is 37.8 Å². The van der Waals surface area contributed by atoms with Crippen molar-refractivity contribution in [2.45, 2.75) is 37.8 Å². The van der Waals surface area contributed by atoms with Gasteiger partial charge in [0.1, 0.15) is 5.82 Å². The lowest BCUT2D eigenvalue weighted by molar-refractivity contribution is -0.0297. The highest BCUT2D eigenvalue weighted by Gasteiger charge is 2.31. The lowest BCUT2D eigenvalue weighted by atomic mass is 9.89. The molecule has 1 aliphatic carbocycles. The predicted octanol–water partition coefficient (Wildman–Crippen LogP) is 3.81. The Bertz CT molecular complexity index is 450. The van der Waals surface area contributed by atoms with Crippen LogP contribution in [0.2, 0.25) is 0 Å². The van der Waals surface area contributed by atoms with Gasteiger partial charge in [0.25, 0.3) is 0 Å². The molecule has 0 bridgehead atoms. The highest BCUT2D eigenvalue weighted by molar-refractivity contribution is 9.10. The molecule has 2 aliphatic rings. The highest BCUT2D eigenvalue weighted by atomic mass is 79.9. The Hall–Kier alpha value is -0.450. The fraction of sp³-hybridized carbons (Fsp3) is 0.600. The summed E-state index contributed by atoms with van der Waals surface area (Å²) in [5.41, 5.74) is 0.700. The zero-order chi connectivity index (χ0) is 13.2. The summed E-state index contributed by atoms with van der Waals surface area (Å²) in [6.07, 6.45) is 4.65. The van der Waals surface area contributed by atoms with E-state index in [1.165, 1.54) is 18.9 Å². The zero-order valence-corrected chi connectivity index (χ0v) is 12.5. The van der Waals surface area contributed by atoms with Gasteiger partial charge in [-0.1, -0.05) is 22.0 Å². The van der Waals surface area contributed by atoms with Crippen molar-refractivity contribution in [3.63, 3.8) is 0 Å². The second-order valence-corrected chi connectivity index (χ2v) is 6.46. The van der Waals surface area contributed by atoms with E-state index in [1.54, 1.807) is 0 Å². The van der Waals surface area contributed by atoms with Gasteiger partial charge in [0.15, 0.2) is 0 Å². The van der Waals surface area contributed by atoms with Gasteiger partial charge >= 0.3 is 0 Å². The third kappa shape index (κ3) is 3.36. The lowest BCUT2D eigenvalue weighted by Crippen LogP contribution is -2.33. The van der Waals surface area contributed by atoms with Crippen LogP contribution in [0.1, 0.15) is 37.4 Å². The minimum atomic E-state index is -0.169. The molecule has 2 nitrogen and oxygen atoms in total. The second kappa shape index (κ2) is 5.90. The molecule has 4 heteroatoms. The molecule has 1 saturated carbocycles. The first-order valence-corrected chi connectivity index (χ1v) is 7.83. The van der Waals surface area contributed by atoms with Gasteiger partial charge in [0, 0.05) is 35.1 Å². The van der Waals surface area contributed by atoms with E-state index in [0.717, 1.165) is 30.5 Å². The first-order valence-electron chi connectivity index (χ1n) is 7.04. The van der Waals surface area contributed by atoms with E-state index < -0.39 is 0 Å². The number of rotatable bonds is 4. The number of hydrogen-bond donors (Lipinski definition) is 1. The fourth-order valence-electron chi connectivity index (χ4n) is 2.73. The van der Waals surface area contributed by atoms with Gasteiger partial charge in [0.2, 0.25) is 0 Å². The maximum atomic E-state index is 14.1. The molecule has 0 spiro atoms. The maximum absolute atomic E-state index is 14.1. The molecule has 0 radical (unpaired) electrons. The summed E-state index contributed by atoms with van der Waals surface area (Å²) >= 11 is 3.30. The van der Waals surface area contributed by atoms with Crippen LogP contribution in [0.15, 0.2) is 22.7 Å².